The Kier molecular flexibility index (Phi) is 2.79. The SMILES string of the molecule is Nc1ccc(S(=O)(=O)Nc2cccc3[nH]ncc23)cn1. The summed E-state index contributed by atoms with van der Waals surface area (Å²) >= 11 is 0. The van der Waals surface area contributed by atoms with Crippen LogP contribution in [0.15, 0.2) is 47.6 Å². The molecule has 0 aliphatic heterocycles. The molecule has 0 saturated carbocycles. The number of nitrogens with two attached hydrogens (primary N) is 1. The van der Waals surface area contributed by atoms with E-state index in [4.69, 9.17) is 5.73 Å². The van der Waals surface area contributed by atoms with Gasteiger partial charge in [-0.2, -0.15) is 5.10 Å². The maximum Gasteiger partial charge on any atom is 0.263 e. The van der Waals surface area contributed by atoms with Crippen LogP contribution in [0.5, 0.6) is 0 Å². The average molecular weight is 289 g/mol. The van der Waals surface area contributed by atoms with Gasteiger partial charge in [0.1, 0.15) is 10.7 Å². The first-order chi connectivity index (χ1) is 9.56. The third-order valence-electron chi connectivity index (χ3n) is 2.80. The summed E-state index contributed by atoms with van der Waals surface area (Å²) in [5.41, 5.74) is 6.65. The van der Waals surface area contributed by atoms with Gasteiger partial charge in [0, 0.05) is 11.6 Å². The van der Waals surface area contributed by atoms with Crippen LogP contribution < -0.4 is 10.5 Å². The summed E-state index contributed by atoms with van der Waals surface area (Å²) in [4.78, 5) is 3.83. The van der Waals surface area contributed by atoms with Crippen LogP contribution in [0.2, 0.25) is 0 Å². The van der Waals surface area contributed by atoms with Gasteiger partial charge in [0.25, 0.3) is 10.0 Å². The Labute approximate surface area is 114 Å². The number of nitrogens with zero attached hydrogens (tertiary/aromatic N) is 2. The quantitative estimate of drug-likeness (QED) is 0.673. The molecule has 0 atom stereocenters. The van der Waals surface area contributed by atoms with E-state index >= 15 is 0 Å². The van der Waals surface area contributed by atoms with E-state index < -0.39 is 10.0 Å². The van der Waals surface area contributed by atoms with Gasteiger partial charge in [-0.05, 0) is 24.3 Å². The Balaban J connectivity index is 2.01. The van der Waals surface area contributed by atoms with Crippen molar-refractivity contribution < 1.29 is 8.42 Å². The predicted molar refractivity (Wildman–Crippen MR) is 75.6 cm³/mol. The fourth-order valence-electron chi connectivity index (χ4n) is 1.81. The molecule has 0 saturated heterocycles. The molecule has 3 rings (SSSR count). The molecule has 0 spiro atoms. The van der Waals surface area contributed by atoms with E-state index in [2.05, 4.69) is 19.9 Å². The van der Waals surface area contributed by atoms with Crippen molar-refractivity contribution in [3.63, 3.8) is 0 Å². The van der Waals surface area contributed by atoms with Crippen LogP contribution in [0.1, 0.15) is 0 Å². The van der Waals surface area contributed by atoms with Gasteiger partial charge < -0.3 is 5.73 Å². The topological polar surface area (TPSA) is 114 Å². The number of hydrogen-bond donors (Lipinski definition) is 3. The van der Waals surface area contributed by atoms with Crippen molar-refractivity contribution in [2.45, 2.75) is 4.90 Å². The molecular formula is C12H11N5O2S. The second-order valence-electron chi connectivity index (χ2n) is 4.16. The zero-order chi connectivity index (χ0) is 14.2. The standard InChI is InChI=1S/C12H11N5O2S/c13-12-5-4-8(6-14-12)20(18,19)17-11-3-1-2-10-9(11)7-15-16-10/h1-7,17H,(H2,13,14)(H,15,16). The van der Waals surface area contributed by atoms with E-state index in [1.165, 1.54) is 18.3 Å². The van der Waals surface area contributed by atoms with Gasteiger partial charge in [-0.15, -0.1) is 0 Å². The van der Waals surface area contributed by atoms with Crippen LogP contribution in [0.25, 0.3) is 10.9 Å². The fraction of sp³-hybridized carbons (Fsp3) is 0. The summed E-state index contributed by atoms with van der Waals surface area (Å²) in [7, 11) is -3.71. The summed E-state index contributed by atoms with van der Waals surface area (Å²) in [5.74, 6) is 0.265. The Hall–Kier alpha value is -2.61. The zero-order valence-corrected chi connectivity index (χ0v) is 11.1. The minimum Gasteiger partial charge on any atom is -0.384 e. The van der Waals surface area contributed by atoms with Crippen LogP contribution >= 0.6 is 0 Å². The molecule has 3 aromatic rings. The van der Waals surface area contributed by atoms with Gasteiger partial charge in [-0.3, -0.25) is 9.82 Å². The molecule has 0 amide bonds. The zero-order valence-electron chi connectivity index (χ0n) is 10.2. The van der Waals surface area contributed by atoms with Crippen LogP contribution in [-0.4, -0.2) is 23.6 Å². The highest BCUT2D eigenvalue weighted by Gasteiger charge is 2.16. The Morgan fingerprint density at radius 2 is 2.00 bits per heavy atom. The van der Waals surface area contributed by atoms with E-state index in [-0.39, 0.29) is 10.7 Å². The average Bonchev–Trinajstić information content (AvgIpc) is 2.88. The lowest BCUT2D eigenvalue weighted by molar-refractivity contribution is 0.601. The van der Waals surface area contributed by atoms with Crippen molar-refractivity contribution in [1.29, 1.82) is 0 Å². The van der Waals surface area contributed by atoms with E-state index in [0.29, 0.717) is 11.1 Å². The van der Waals surface area contributed by atoms with Gasteiger partial charge >= 0.3 is 0 Å². The first-order valence-electron chi connectivity index (χ1n) is 5.73. The van der Waals surface area contributed by atoms with E-state index in [1.54, 1.807) is 18.3 Å². The number of anilines is 2. The first-order valence-corrected chi connectivity index (χ1v) is 7.21. The Morgan fingerprint density at radius 3 is 2.75 bits per heavy atom. The van der Waals surface area contributed by atoms with Gasteiger partial charge in [-0.25, -0.2) is 13.4 Å². The number of nitrogens with one attached hydrogen (secondary N) is 2. The highest BCUT2D eigenvalue weighted by molar-refractivity contribution is 7.92. The molecule has 4 N–H and O–H groups in total. The molecule has 0 unspecified atom stereocenters. The molecule has 0 aliphatic carbocycles. The van der Waals surface area contributed by atoms with Crippen molar-refractivity contribution in [2.24, 2.45) is 0 Å². The lowest BCUT2D eigenvalue weighted by Gasteiger charge is -2.08. The van der Waals surface area contributed by atoms with Gasteiger partial charge in [0.2, 0.25) is 0 Å². The number of H-pyrrole nitrogens is 1. The molecule has 20 heavy (non-hydrogen) atoms. The summed E-state index contributed by atoms with van der Waals surface area (Å²) in [5, 5.41) is 7.36. The number of aromatic amines is 1. The molecule has 1 aromatic carbocycles. The summed E-state index contributed by atoms with van der Waals surface area (Å²) in [6.45, 7) is 0. The minimum absolute atomic E-state index is 0.0483. The maximum absolute atomic E-state index is 12.3. The summed E-state index contributed by atoms with van der Waals surface area (Å²) < 4.78 is 27.0. The largest absolute Gasteiger partial charge is 0.384 e. The monoisotopic (exact) mass is 289 g/mol. The normalized spacial score (nSPS) is 11.6. The Morgan fingerprint density at radius 1 is 1.15 bits per heavy atom. The van der Waals surface area contributed by atoms with Crippen molar-refractivity contribution in [1.82, 2.24) is 15.2 Å². The minimum atomic E-state index is -3.71. The molecule has 7 nitrogen and oxygen atoms in total. The second kappa shape index (κ2) is 4.49. The number of fused-ring (bicyclic) bond motifs is 1. The second-order valence-corrected chi connectivity index (χ2v) is 5.84. The van der Waals surface area contributed by atoms with Crippen LogP contribution in [0.3, 0.4) is 0 Å². The Bertz CT molecular complexity index is 855. The first kappa shape index (κ1) is 12.4. The number of pyridine rings is 1. The number of rotatable bonds is 3. The van der Waals surface area contributed by atoms with Crippen LogP contribution in [0.4, 0.5) is 11.5 Å². The number of aromatic nitrogens is 3. The lowest BCUT2D eigenvalue weighted by atomic mass is 10.2. The third-order valence-corrected chi connectivity index (χ3v) is 4.15. The molecule has 0 fully saturated rings. The van der Waals surface area contributed by atoms with E-state index in [0.717, 1.165) is 5.52 Å². The fourth-order valence-corrected chi connectivity index (χ4v) is 2.84. The van der Waals surface area contributed by atoms with E-state index in [1.807, 2.05) is 6.07 Å². The number of benzene rings is 1. The lowest BCUT2D eigenvalue weighted by Crippen LogP contribution is -2.13. The molecule has 102 valence electrons. The summed E-state index contributed by atoms with van der Waals surface area (Å²) in [6.07, 6.45) is 2.78. The number of sulfonamides is 1. The van der Waals surface area contributed by atoms with Crippen molar-refractivity contribution in [3.8, 4) is 0 Å². The summed E-state index contributed by atoms with van der Waals surface area (Å²) in [6, 6.07) is 8.05. The molecule has 0 radical (unpaired) electrons. The molecule has 2 heterocycles. The highest BCUT2D eigenvalue weighted by Crippen LogP contribution is 2.24. The smallest absolute Gasteiger partial charge is 0.263 e. The molecule has 8 heteroatoms. The number of nitrogen functional groups attached to an aromatic ring is 1. The van der Waals surface area contributed by atoms with Gasteiger partial charge in [0.15, 0.2) is 0 Å². The van der Waals surface area contributed by atoms with Crippen molar-refractivity contribution in [2.75, 3.05) is 10.5 Å². The van der Waals surface area contributed by atoms with Crippen LogP contribution in [0, 0.1) is 0 Å². The number of hydrogen-bond acceptors (Lipinski definition) is 5. The molecule has 0 bridgehead atoms. The van der Waals surface area contributed by atoms with Crippen molar-refractivity contribution >= 4 is 32.4 Å². The highest BCUT2D eigenvalue weighted by atomic mass is 32.2. The van der Waals surface area contributed by atoms with Crippen LogP contribution in [-0.2, 0) is 10.0 Å². The van der Waals surface area contributed by atoms with Gasteiger partial charge in [-0.1, -0.05) is 6.07 Å². The molecule has 0 aliphatic rings. The third kappa shape index (κ3) is 2.16. The maximum atomic E-state index is 12.3. The molecular weight excluding hydrogens is 278 g/mol. The van der Waals surface area contributed by atoms with Gasteiger partial charge in [0.05, 0.1) is 17.4 Å². The van der Waals surface area contributed by atoms with E-state index in [9.17, 15) is 8.42 Å². The van der Waals surface area contributed by atoms with Crippen molar-refractivity contribution in [3.05, 3.63) is 42.7 Å². The molecule has 2 aromatic heterocycles. The predicted octanol–water partition coefficient (Wildman–Crippen LogP) is 1.34.